The molecule has 0 fully saturated rings. The number of allylic oxidation sites excluding steroid dienone is 4. The summed E-state index contributed by atoms with van der Waals surface area (Å²) in [4.78, 5) is 57.4. The first-order valence-electron chi connectivity index (χ1n) is 23.6. The number of cyclic esters (lactones) is 2. The number of esters is 4. The van der Waals surface area contributed by atoms with Crippen LogP contribution in [0, 0.1) is 13.8 Å². The molecule has 0 radical (unpaired) electrons. The number of fused-ring (bicyclic) bond motifs is 2. The van der Waals surface area contributed by atoms with Crippen LogP contribution in [0.15, 0.2) is 23.3 Å². The molecule has 0 aromatic heterocycles. The van der Waals surface area contributed by atoms with Crippen molar-refractivity contribution in [2.24, 2.45) is 0 Å². The molecule has 0 saturated carbocycles. The number of halogens is 1. The summed E-state index contributed by atoms with van der Waals surface area (Å²) < 4.78 is 76.0. The Labute approximate surface area is 443 Å². The highest BCUT2D eigenvalue weighted by atomic mass is 79.9. The average molecular weight is 1170 g/mol. The van der Waals surface area contributed by atoms with Gasteiger partial charge in [0.05, 0.1) is 55.9 Å². The molecular weight excluding hydrogens is 1090 g/mol. The first kappa shape index (κ1) is 65.5. The molecule has 0 aliphatic carbocycles. The third-order valence-corrected chi connectivity index (χ3v) is 20.2. The van der Waals surface area contributed by atoms with Crippen molar-refractivity contribution in [2.45, 2.75) is 117 Å². The second-order valence-electron chi connectivity index (χ2n) is 19.6. The zero-order valence-electron chi connectivity index (χ0n) is 46.2. The number of benzene rings is 2. The number of carbonyl (C=O) groups excluding carboxylic acids is 4. The van der Waals surface area contributed by atoms with Gasteiger partial charge in [-0.2, -0.15) is 13.9 Å². The molecule has 2 aliphatic rings. The minimum absolute atomic E-state index is 0.103. The van der Waals surface area contributed by atoms with Crippen LogP contribution in [0.2, 0.25) is 51.4 Å². The van der Waals surface area contributed by atoms with Gasteiger partial charge in [0, 0.05) is 58.0 Å². The fraction of sp³-hybridized carbons (Fsp3) is 0.600. The number of hydrogen-bond donors (Lipinski definition) is 1. The van der Waals surface area contributed by atoms with Gasteiger partial charge in [-0.1, -0.05) is 78.5 Å². The molecule has 73 heavy (non-hydrogen) atoms. The number of alkyl halides is 1. The van der Waals surface area contributed by atoms with Crippen LogP contribution >= 0.6 is 31.5 Å². The number of hydrogen-bond acceptors (Lipinski definition) is 18. The molecule has 0 spiro atoms. The quantitative estimate of drug-likeness (QED) is 0.0244. The molecule has 2 aromatic carbocycles. The van der Waals surface area contributed by atoms with Gasteiger partial charge in [-0.25, -0.2) is 14.4 Å². The molecule has 1 atom stereocenters. The average Bonchev–Trinajstić information content (AvgIpc) is 3.94. The lowest BCUT2D eigenvalue weighted by atomic mass is 9.94. The van der Waals surface area contributed by atoms with Crippen molar-refractivity contribution in [3.8, 4) is 23.0 Å². The molecule has 1 unspecified atom stereocenters. The SMILES string of the molecule is COC(=O)C(C/C(C)=C/Cc1c(OC)c(C)c2c(c1OCC[Si](C)(C)C)C(=O)OC2)P(=O)(OC)OC.COC(=O)C[P+](O)(OC)OC.COc1c(C)c2c(c(OCC[Si](C)(C)C)c1C/C=C(\C)CBr)C(=O)OC2. The number of rotatable bonds is 25. The molecule has 18 nitrogen and oxygen atoms in total. The highest BCUT2D eigenvalue weighted by molar-refractivity contribution is 9.09. The fourth-order valence-corrected chi connectivity index (χ4v) is 11.5. The van der Waals surface area contributed by atoms with Crippen LogP contribution in [-0.2, 0) is 77.3 Å². The summed E-state index contributed by atoms with van der Waals surface area (Å²) in [6.45, 7) is 23.0. The number of carbonyl (C=O) groups is 4. The minimum atomic E-state index is -3.72. The second-order valence-corrected chi connectivity index (χ2v) is 36.2. The first-order valence-corrected chi connectivity index (χ1v) is 35.5. The largest absolute Gasteiger partial charge is 0.496 e. The standard InChI is InChI=1S/C25H39O9PSi.C20H29BrO4Si.C5H12O5P/c1-16(14-20(24(26)30-4)35(28,31-5)32-6)10-11-18-22(29-3)17(2)19-15-34-25(27)21(19)23(18)33-12-13-36(7,8)9;1-13(11-21)7-8-15-18(23-3)14(2)16-12-25-20(22)17(16)19(15)24-9-10-26(4,5)6;1-8-5(6)4-11(7,9-2)10-3/h10,20H,11-15H2,1-9H3;7H,8-12H2,1-6H3;7H,4H2,1-3H3/q;;+1/b16-10+;13-7+;. The van der Waals surface area contributed by atoms with Gasteiger partial charge in [0.1, 0.15) is 47.3 Å². The summed E-state index contributed by atoms with van der Waals surface area (Å²) in [5, 5.41) is 0.813. The summed E-state index contributed by atoms with van der Waals surface area (Å²) in [7, 11) is 1.43. The van der Waals surface area contributed by atoms with Crippen LogP contribution in [0.25, 0.3) is 0 Å². The van der Waals surface area contributed by atoms with E-state index in [4.69, 9.17) is 42.2 Å². The smallest absolute Gasteiger partial charge is 0.420 e. The third-order valence-electron chi connectivity index (χ3n) is 12.0. The van der Waals surface area contributed by atoms with E-state index in [0.29, 0.717) is 54.4 Å². The molecule has 2 aliphatic heterocycles. The molecule has 0 saturated heterocycles. The Morgan fingerprint density at radius 3 is 1.44 bits per heavy atom. The van der Waals surface area contributed by atoms with Gasteiger partial charge in [-0.05, 0) is 70.2 Å². The molecule has 4 rings (SSSR count). The highest BCUT2D eigenvalue weighted by Crippen LogP contribution is 2.55. The highest BCUT2D eigenvalue weighted by Gasteiger charge is 2.42. The molecular formula is C50H80BrO18P2Si2+. The molecule has 0 bridgehead atoms. The third kappa shape index (κ3) is 18.6. The van der Waals surface area contributed by atoms with Gasteiger partial charge >= 0.3 is 39.4 Å². The van der Waals surface area contributed by atoms with Crippen molar-refractivity contribution >= 4 is 71.5 Å². The van der Waals surface area contributed by atoms with E-state index in [1.807, 2.05) is 26.8 Å². The van der Waals surface area contributed by atoms with Crippen molar-refractivity contribution in [3.63, 3.8) is 0 Å². The molecule has 1 N–H and O–H groups in total. The van der Waals surface area contributed by atoms with Crippen LogP contribution in [0.5, 0.6) is 23.0 Å². The summed E-state index contributed by atoms with van der Waals surface area (Å²) in [6, 6.07) is 1.95. The Kier molecular flexibility index (Phi) is 26.6. The fourth-order valence-electron chi connectivity index (χ4n) is 7.47. The first-order chi connectivity index (χ1) is 34.1. The zero-order chi connectivity index (χ0) is 55.6. The maximum Gasteiger partial charge on any atom is 0.420 e. The van der Waals surface area contributed by atoms with Gasteiger partial charge in [0.15, 0.2) is 5.66 Å². The summed E-state index contributed by atoms with van der Waals surface area (Å²) in [5.41, 5.74) is 7.00. The zero-order valence-corrected chi connectivity index (χ0v) is 51.5. The minimum Gasteiger partial charge on any atom is -0.496 e. The van der Waals surface area contributed by atoms with Crippen LogP contribution in [-0.4, -0.2) is 132 Å². The Bertz CT molecular complexity index is 2350. The van der Waals surface area contributed by atoms with Crippen LogP contribution in [0.3, 0.4) is 0 Å². The van der Waals surface area contributed by atoms with E-state index < -0.39 is 55.3 Å². The van der Waals surface area contributed by atoms with Gasteiger partial charge < -0.3 is 46.9 Å². The van der Waals surface area contributed by atoms with E-state index in [1.54, 1.807) is 14.2 Å². The van der Waals surface area contributed by atoms with Crippen molar-refractivity contribution < 1.29 is 84.6 Å². The maximum atomic E-state index is 13.0. The number of ether oxygens (including phenoxy) is 8. The molecule has 412 valence electrons. The van der Waals surface area contributed by atoms with Gasteiger partial charge in [0.25, 0.3) is 0 Å². The normalized spacial score (nSPS) is 14.1. The summed E-state index contributed by atoms with van der Waals surface area (Å²) >= 11 is 3.48. The Morgan fingerprint density at radius 2 is 1.11 bits per heavy atom. The van der Waals surface area contributed by atoms with Crippen LogP contribution < -0.4 is 18.9 Å². The summed E-state index contributed by atoms with van der Waals surface area (Å²) in [5.74, 6) is 0.599. The molecule has 23 heteroatoms. The molecule has 2 aromatic rings. The van der Waals surface area contributed by atoms with Gasteiger partial charge in [-0.3, -0.25) is 9.36 Å². The predicted octanol–water partition coefficient (Wildman–Crippen LogP) is 10.8. The van der Waals surface area contributed by atoms with Crippen molar-refractivity contribution in [3.05, 3.63) is 67.8 Å². The van der Waals surface area contributed by atoms with Crippen molar-refractivity contribution in [1.82, 2.24) is 0 Å². The Balaban J connectivity index is 0.000000428. The molecule has 0 amide bonds. The van der Waals surface area contributed by atoms with Gasteiger partial charge in [0.2, 0.25) is 6.16 Å². The van der Waals surface area contributed by atoms with Crippen LogP contribution in [0.1, 0.15) is 74.4 Å². The van der Waals surface area contributed by atoms with Crippen molar-refractivity contribution in [1.29, 1.82) is 0 Å². The van der Waals surface area contributed by atoms with E-state index in [0.717, 1.165) is 62.1 Å². The van der Waals surface area contributed by atoms with Crippen molar-refractivity contribution in [2.75, 3.05) is 81.6 Å². The predicted molar refractivity (Wildman–Crippen MR) is 292 cm³/mol. The van der Waals surface area contributed by atoms with E-state index in [-0.39, 0.29) is 31.8 Å². The van der Waals surface area contributed by atoms with Gasteiger partial charge in [-0.15, -0.1) is 0 Å². The lowest BCUT2D eigenvalue weighted by Gasteiger charge is -2.23. The Morgan fingerprint density at radius 1 is 0.699 bits per heavy atom. The topological polar surface area (TPSA) is 216 Å². The lowest BCUT2D eigenvalue weighted by Crippen LogP contribution is -2.24. The van der Waals surface area contributed by atoms with Crippen LogP contribution in [0.4, 0.5) is 0 Å². The number of methoxy groups -OCH3 is 4. The molecule has 2 heterocycles. The van der Waals surface area contributed by atoms with E-state index in [2.05, 4.69) is 82.0 Å². The Hall–Kier alpha value is -3.63. The van der Waals surface area contributed by atoms with E-state index in [1.165, 1.54) is 48.2 Å². The second kappa shape index (κ2) is 29.6. The summed E-state index contributed by atoms with van der Waals surface area (Å²) in [6.07, 6.45) is 4.91. The van der Waals surface area contributed by atoms with E-state index in [9.17, 15) is 28.6 Å². The maximum absolute atomic E-state index is 13.0. The monoisotopic (exact) mass is 1170 g/mol. The lowest BCUT2D eigenvalue weighted by molar-refractivity contribution is -0.140. The van der Waals surface area contributed by atoms with E-state index >= 15 is 0 Å².